The lowest BCUT2D eigenvalue weighted by Gasteiger charge is -2.33. The molecule has 0 saturated heterocycles. The van der Waals surface area contributed by atoms with Crippen LogP contribution in [0.5, 0.6) is 0 Å². The normalized spacial score (nSPS) is 12.0. The van der Waals surface area contributed by atoms with Gasteiger partial charge in [-0.05, 0) is 62.6 Å². The van der Waals surface area contributed by atoms with Crippen LogP contribution < -0.4 is 9.62 Å². The maximum atomic E-state index is 13.9. The van der Waals surface area contributed by atoms with Gasteiger partial charge in [-0.1, -0.05) is 66.6 Å². The van der Waals surface area contributed by atoms with Crippen molar-refractivity contribution in [3.8, 4) is 0 Å². The third kappa shape index (κ3) is 6.77. The molecule has 0 bridgehead atoms. The first kappa shape index (κ1) is 27.9. The third-order valence-electron chi connectivity index (χ3n) is 6.28. The second-order valence-electron chi connectivity index (χ2n) is 9.21. The van der Waals surface area contributed by atoms with Crippen LogP contribution >= 0.6 is 0 Å². The number of rotatable bonds is 10. The third-order valence-corrected chi connectivity index (χ3v) is 8.07. The molecule has 0 aliphatic heterocycles. The molecule has 8 heteroatoms. The molecule has 196 valence electrons. The summed E-state index contributed by atoms with van der Waals surface area (Å²) >= 11 is 0. The lowest BCUT2D eigenvalue weighted by molar-refractivity contribution is -0.140. The first-order chi connectivity index (χ1) is 17.6. The summed E-state index contributed by atoms with van der Waals surface area (Å²) < 4.78 is 28.8. The quantitative estimate of drug-likeness (QED) is 0.430. The van der Waals surface area contributed by atoms with Crippen molar-refractivity contribution in [3.63, 3.8) is 0 Å². The largest absolute Gasteiger partial charge is 0.357 e. The summed E-state index contributed by atoms with van der Waals surface area (Å²) in [6.45, 7) is 7.28. The zero-order chi connectivity index (χ0) is 27.2. The van der Waals surface area contributed by atoms with E-state index in [2.05, 4.69) is 5.32 Å². The summed E-state index contributed by atoms with van der Waals surface area (Å²) in [5.41, 5.74) is 4.11. The Morgan fingerprint density at radius 1 is 0.865 bits per heavy atom. The number of benzene rings is 3. The summed E-state index contributed by atoms with van der Waals surface area (Å²) in [4.78, 5) is 28.2. The van der Waals surface area contributed by atoms with E-state index in [9.17, 15) is 18.0 Å². The Morgan fingerprint density at radius 2 is 1.46 bits per heavy atom. The van der Waals surface area contributed by atoms with E-state index in [0.717, 1.165) is 26.6 Å². The van der Waals surface area contributed by atoms with E-state index >= 15 is 0 Å². The fourth-order valence-corrected chi connectivity index (χ4v) is 5.53. The van der Waals surface area contributed by atoms with Crippen LogP contribution in [0.25, 0.3) is 0 Å². The number of nitrogens with one attached hydrogen (secondary N) is 1. The van der Waals surface area contributed by atoms with Crippen molar-refractivity contribution >= 4 is 27.5 Å². The van der Waals surface area contributed by atoms with Crippen molar-refractivity contribution in [2.75, 3.05) is 17.9 Å². The van der Waals surface area contributed by atoms with E-state index in [1.165, 1.54) is 11.9 Å². The molecular weight excluding hydrogens is 486 g/mol. The Morgan fingerprint density at radius 3 is 2.00 bits per heavy atom. The number of hydrogen-bond donors (Lipinski definition) is 1. The number of sulfonamides is 1. The van der Waals surface area contributed by atoms with Gasteiger partial charge in [-0.2, -0.15) is 0 Å². The summed E-state index contributed by atoms with van der Waals surface area (Å²) in [5.74, 6) is -0.764. The van der Waals surface area contributed by atoms with Crippen LogP contribution in [0.2, 0.25) is 0 Å². The van der Waals surface area contributed by atoms with Gasteiger partial charge >= 0.3 is 0 Å². The van der Waals surface area contributed by atoms with Crippen LogP contribution in [0.1, 0.15) is 35.6 Å². The highest BCUT2D eigenvalue weighted by Crippen LogP contribution is 2.26. The number of aryl methyl sites for hydroxylation is 3. The van der Waals surface area contributed by atoms with Gasteiger partial charge < -0.3 is 10.2 Å². The van der Waals surface area contributed by atoms with Crippen LogP contribution in [0.15, 0.2) is 77.7 Å². The number of anilines is 1. The van der Waals surface area contributed by atoms with E-state index in [1.807, 2.05) is 58.0 Å². The molecule has 0 aliphatic rings. The Bertz CT molecular complexity index is 1340. The number of amides is 2. The van der Waals surface area contributed by atoms with Gasteiger partial charge in [-0.3, -0.25) is 13.9 Å². The Hall–Kier alpha value is -3.65. The zero-order valence-electron chi connectivity index (χ0n) is 22.1. The monoisotopic (exact) mass is 521 g/mol. The molecule has 7 nitrogen and oxygen atoms in total. The second-order valence-corrected chi connectivity index (χ2v) is 11.1. The molecule has 2 amide bonds. The summed E-state index contributed by atoms with van der Waals surface area (Å²) in [5, 5.41) is 2.64. The van der Waals surface area contributed by atoms with Crippen LogP contribution in [0, 0.1) is 20.8 Å². The maximum Gasteiger partial charge on any atom is 0.264 e. The maximum absolute atomic E-state index is 13.9. The molecule has 0 aromatic heterocycles. The SMILES string of the molecule is CC[C@@H](C(=O)NC)N(Cc1ccc(C)cc1)C(=O)CN(c1cccc(C)c1)S(=O)(=O)c1ccc(C)cc1. The fourth-order valence-electron chi connectivity index (χ4n) is 4.13. The van der Waals surface area contributed by atoms with Crippen molar-refractivity contribution in [2.24, 2.45) is 0 Å². The lowest BCUT2D eigenvalue weighted by Crippen LogP contribution is -2.51. The Kier molecular flexibility index (Phi) is 9.10. The number of nitrogens with zero attached hydrogens (tertiary/aromatic N) is 2. The first-order valence-electron chi connectivity index (χ1n) is 12.3. The van der Waals surface area contributed by atoms with Crippen molar-refractivity contribution in [2.45, 2.75) is 51.6 Å². The highest BCUT2D eigenvalue weighted by Gasteiger charge is 2.33. The highest BCUT2D eigenvalue weighted by atomic mass is 32.2. The summed E-state index contributed by atoms with van der Waals surface area (Å²) in [7, 11) is -2.54. The highest BCUT2D eigenvalue weighted by molar-refractivity contribution is 7.92. The van der Waals surface area contributed by atoms with Gasteiger partial charge in [0.05, 0.1) is 10.6 Å². The number of carbonyl (C=O) groups excluding carboxylic acids is 2. The van der Waals surface area contributed by atoms with Crippen molar-refractivity contribution in [1.29, 1.82) is 0 Å². The van der Waals surface area contributed by atoms with Gasteiger partial charge in [-0.15, -0.1) is 0 Å². The minimum atomic E-state index is -4.07. The van der Waals surface area contributed by atoms with E-state index < -0.39 is 28.5 Å². The predicted octanol–water partition coefficient (Wildman–Crippen LogP) is 4.36. The van der Waals surface area contributed by atoms with Crippen LogP contribution in [-0.4, -0.2) is 44.8 Å². The molecule has 37 heavy (non-hydrogen) atoms. The molecule has 1 atom stereocenters. The number of likely N-dealkylation sites (N-methyl/N-ethyl adjacent to an activating group) is 1. The molecular formula is C29H35N3O4S. The van der Waals surface area contributed by atoms with Gasteiger partial charge in [0, 0.05) is 13.6 Å². The Labute approximate surface area is 220 Å². The van der Waals surface area contributed by atoms with Gasteiger partial charge in [0.25, 0.3) is 10.0 Å². The molecule has 0 spiro atoms. The number of carbonyl (C=O) groups is 2. The molecule has 0 unspecified atom stereocenters. The molecule has 0 saturated carbocycles. The lowest BCUT2D eigenvalue weighted by atomic mass is 10.1. The standard InChI is InChI=1S/C29H35N3O4S/c1-6-27(29(34)30-5)31(19-24-14-10-21(2)11-15-24)28(33)20-32(25-9-7-8-23(4)18-25)37(35,36)26-16-12-22(3)13-17-26/h7-18,27H,6,19-20H2,1-5H3,(H,30,34)/t27-/m0/s1. The Balaban J connectivity index is 2.05. The zero-order valence-corrected chi connectivity index (χ0v) is 22.9. The van der Waals surface area contributed by atoms with E-state index in [0.29, 0.717) is 12.1 Å². The van der Waals surface area contributed by atoms with E-state index in [-0.39, 0.29) is 17.3 Å². The minimum Gasteiger partial charge on any atom is -0.357 e. The minimum absolute atomic E-state index is 0.0934. The van der Waals surface area contributed by atoms with Crippen LogP contribution in [0.3, 0.4) is 0 Å². The molecule has 1 N–H and O–H groups in total. The molecule has 0 heterocycles. The summed E-state index contributed by atoms with van der Waals surface area (Å²) in [6.07, 6.45) is 0.381. The summed E-state index contributed by atoms with van der Waals surface area (Å²) in [6, 6.07) is 20.5. The van der Waals surface area contributed by atoms with Crippen molar-refractivity contribution in [1.82, 2.24) is 10.2 Å². The molecule has 0 fully saturated rings. The topological polar surface area (TPSA) is 86.8 Å². The van der Waals surface area contributed by atoms with Gasteiger partial charge in [-0.25, -0.2) is 8.42 Å². The second kappa shape index (κ2) is 12.1. The van der Waals surface area contributed by atoms with Gasteiger partial charge in [0.2, 0.25) is 11.8 Å². The average Bonchev–Trinajstić information content (AvgIpc) is 2.88. The predicted molar refractivity (Wildman–Crippen MR) is 147 cm³/mol. The van der Waals surface area contributed by atoms with Crippen molar-refractivity contribution in [3.05, 3.63) is 95.1 Å². The van der Waals surface area contributed by atoms with E-state index in [1.54, 1.807) is 42.5 Å². The van der Waals surface area contributed by atoms with Crippen LogP contribution in [0.4, 0.5) is 5.69 Å². The molecule has 3 aromatic rings. The molecule has 3 aromatic carbocycles. The van der Waals surface area contributed by atoms with Crippen LogP contribution in [-0.2, 0) is 26.2 Å². The van der Waals surface area contributed by atoms with Gasteiger partial charge in [0.15, 0.2) is 0 Å². The van der Waals surface area contributed by atoms with Crippen molar-refractivity contribution < 1.29 is 18.0 Å². The van der Waals surface area contributed by atoms with E-state index in [4.69, 9.17) is 0 Å². The molecule has 0 aliphatic carbocycles. The molecule has 0 radical (unpaired) electrons. The fraction of sp³-hybridized carbons (Fsp3) is 0.310. The average molecular weight is 522 g/mol. The number of hydrogen-bond acceptors (Lipinski definition) is 4. The first-order valence-corrected chi connectivity index (χ1v) is 13.7. The molecule has 3 rings (SSSR count). The smallest absolute Gasteiger partial charge is 0.264 e. The van der Waals surface area contributed by atoms with Gasteiger partial charge in [0.1, 0.15) is 12.6 Å².